The predicted molar refractivity (Wildman–Crippen MR) is 72.4 cm³/mol. The van der Waals surface area contributed by atoms with Crippen molar-refractivity contribution in [3.8, 4) is 0 Å². The molecule has 1 rings (SSSR count). The summed E-state index contributed by atoms with van der Waals surface area (Å²) in [4.78, 5) is 0. The van der Waals surface area contributed by atoms with Crippen LogP contribution in [0.3, 0.4) is 0 Å². The lowest BCUT2D eigenvalue weighted by atomic mass is 10.1. The van der Waals surface area contributed by atoms with E-state index in [0.717, 1.165) is 12.0 Å². The zero-order chi connectivity index (χ0) is 11.8. The number of hydrogen-bond acceptors (Lipinski definition) is 0. The summed E-state index contributed by atoms with van der Waals surface area (Å²) in [6, 6.07) is 6.80. The highest BCUT2D eigenvalue weighted by Crippen LogP contribution is 2.26. The van der Waals surface area contributed by atoms with Gasteiger partial charge >= 0.3 is 0 Å². The first-order valence-electron chi connectivity index (χ1n) is 6.10. The molecule has 0 amide bonds. The molecule has 0 atom stereocenters. The number of hydrogen-bond donors (Lipinski definition) is 0. The maximum absolute atomic E-state index is 6.09. The average molecular weight is 258 g/mol. The van der Waals surface area contributed by atoms with Crippen LogP contribution in [-0.4, -0.2) is 0 Å². The minimum absolute atomic E-state index is 0.640. The van der Waals surface area contributed by atoms with Crippen molar-refractivity contribution in [1.82, 2.24) is 0 Å². The van der Waals surface area contributed by atoms with E-state index < -0.39 is 0 Å². The topological polar surface area (TPSA) is 0 Å². The normalized spacial score (nSPS) is 10.7. The van der Waals surface area contributed by atoms with E-state index in [1.165, 1.54) is 38.5 Å². The second-order valence-corrected chi connectivity index (χ2v) is 4.92. The van der Waals surface area contributed by atoms with Crippen LogP contribution in [0.4, 0.5) is 0 Å². The van der Waals surface area contributed by atoms with Gasteiger partial charge in [-0.25, -0.2) is 0 Å². The molecule has 0 spiro atoms. The van der Waals surface area contributed by atoms with E-state index in [2.05, 4.69) is 13.0 Å². The van der Waals surface area contributed by atoms with Crippen molar-refractivity contribution in [1.29, 1.82) is 0 Å². The molecule has 0 aliphatic rings. The molecule has 0 aliphatic heterocycles. The summed E-state index contributed by atoms with van der Waals surface area (Å²) in [5.41, 5.74) is 1.06. The third-order valence-electron chi connectivity index (χ3n) is 2.74. The first-order chi connectivity index (χ1) is 7.75. The van der Waals surface area contributed by atoms with Crippen molar-refractivity contribution < 1.29 is 0 Å². The lowest BCUT2D eigenvalue weighted by Crippen LogP contribution is -1.88. The highest BCUT2D eigenvalue weighted by atomic mass is 35.5. The van der Waals surface area contributed by atoms with Crippen molar-refractivity contribution in [3.05, 3.63) is 33.8 Å². The van der Waals surface area contributed by atoms with E-state index in [0.29, 0.717) is 10.0 Å². The summed E-state index contributed by atoms with van der Waals surface area (Å²) < 4.78 is 0. The molecule has 0 bridgehead atoms. The van der Waals surface area contributed by atoms with Gasteiger partial charge < -0.3 is 0 Å². The molecule has 2 heteroatoms. The van der Waals surface area contributed by atoms with Crippen molar-refractivity contribution in [3.63, 3.8) is 0 Å². The molecule has 1 aromatic rings. The van der Waals surface area contributed by atoms with Gasteiger partial charge in [-0.15, -0.1) is 0 Å². The van der Waals surface area contributed by atoms with Crippen LogP contribution in [0, 0.1) is 6.07 Å². The fourth-order valence-electron chi connectivity index (χ4n) is 1.76. The minimum Gasteiger partial charge on any atom is -0.0827 e. The Hall–Kier alpha value is -0.200. The molecular formula is C14H19Cl2. The van der Waals surface area contributed by atoms with E-state index in [4.69, 9.17) is 23.2 Å². The Bertz CT molecular complexity index is 308. The summed E-state index contributed by atoms with van der Waals surface area (Å²) in [5, 5.41) is 1.32. The summed E-state index contributed by atoms with van der Waals surface area (Å²) in [5.74, 6) is 0. The van der Waals surface area contributed by atoms with Gasteiger partial charge in [-0.3, -0.25) is 0 Å². The Morgan fingerprint density at radius 1 is 1.06 bits per heavy atom. The number of benzene rings is 1. The van der Waals surface area contributed by atoms with Gasteiger partial charge in [0.1, 0.15) is 0 Å². The SMILES string of the molecule is CCCCCCCCc1[c]ccc(Cl)c1Cl. The lowest BCUT2D eigenvalue weighted by molar-refractivity contribution is 0.607. The van der Waals surface area contributed by atoms with Crippen molar-refractivity contribution >= 4 is 23.2 Å². The third-order valence-corrected chi connectivity index (χ3v) is 3.59. The summed E-state index contributed by atoms with van der Waals surface area (Å²) in [6.07, 6.45) is 8.77. The standard InChI is InChI=1S/C14H19Cl2/c1-2-3-4-5-6-7-9-12-10-8-11-13(15)14(12)16/h8,11H,2-7,9H2,1H3. The van der Waals surface area contributed by atoms with Gasteiger partial charge in [0.15, 0.2) is 0 Å². The molecule has 16 heavy (non-hydrogen) atoms. The maximum Gasteiger partial charge on any atom is 0.0630 e. The Morgan fingerprint density at radius 2 is 1.75 bits per heavy atom. The third kappa shape index (κ3) is 4.76. The van der Waals surface area contributed by atoms with Gasteiger partial charge in [0.25, 0.3) is 0 Å². The van der Waals surface area contributed by atoms with Gasteiger partial charge in [-0.1, -0.05) is 68.3 Å². The molecule has 0 N–H and O–H groups in total. The van der Waals surface area contributed by atoms with Crippen LogP contribution in [0.2, 0.25) is 10.0 Å². The minimum atomic E-state index is 0.640. The first kappa shape index (κ1) is 13.9. The van der Waals surface area contributed by atoms with E-state index in [-0.39, 0.29) is 0 Å². The fourth-order valence-corrected chi connectivity index (χ4v) is 2.15. The van der Waals surface area contributed by atoms with E-state index in [9.17, 15) is 0 Å². The number of rotatable bonds is 7. The average Bonchev–Trinajstić information content (AvgIpc) is 2.29. The molecule has 89 valence electrons. The number of unbranched alkanes of at least 4 members (excludes halogenated alkanes) is 5. The number of aryl methyl sites for hydroxylation is 1. The molecule has 0 fully saturated rings. The van der Waals surface area contributed by atoms with Crippen LogP contribution < -0.4 is 0 Å². The summed E-state index contributed by atoms with van der Waals surface area (Å²) in [7, 11) is 0. The monoisotopic (exact) mass is 257 g/mol. The largest absolute Gasteiger partial charge is 0.0827 e. The quantitative estimate of drug-likeness (QED) is 0.550. The molecule has 0 nitrogen and oxygen atoms in total. The fraction of sp³-hybridized carbons (Fsp3) is 0.571. The van der Waals surface area contributed by atoms with Gasteiger partial charge in [-0.2, -0.15) is 0 Å². The van der Waals surface area contributed by atoms with Crippen LogP contribution in [0.15, 0.2) is 12.1 Å². The van der Waals surface area contributed by atoms with Crippen LogP contribution in [0.25, 0.3) is 0 Å². The van der Waals surface area contributed by atoms with E-state index >= 15 is 0 Å². The smallest absolute Gasteiger partial charge is 0.0630 e. The Kier molecular flexibility index (Phi) is 6.91. The Morgan fingerprint density at radius 3 is 2.50 bits per heavy atom. The maximum atomic E-state index is 6.09. The molecule has 0 unspecified atom stereocenters. The van der Waals surface area contributed by atoms with E-state index in [1.54, 1.807) is 6.07 Å². The van der Waals surface area contributed by atoms with Crippen LogP contribution >= 0.6 is 23.2 Å². The molecule has 0 aliphatic carbocycles. The van der Waals surface area contributed by atoms with Crippen molar-refractivity contribution in [2.24, 2.45) is 0 Å². The van der Waals surface area contributed by atoms with Gasteiger partial charge in [0.05, 0.1) is 10.0 Å². The zero-order valence-corrected chi connectivity index (χ0v) is 11.4. The van der Waals surface area contributed by atoms with E-state index in [1.807, 2.05) is 6.07 Å². The zero-order valence-electron chi connectivity index (χ0n) is 9.86. The van der Waals surface area contributed by atoms with Crippen LogP contribution in [-0.2, 0) is 6.42 Å². The molecule has 0 aromatic heterocycles. The van der Waals surface area contributed by atoms with Crippen LogP contribution in [0.1, 0.15) is 51.0 Å². The number of halogens is 2. The molecule has 0 saturated heterocycles. The highest BCUT2D eigenvalue weighted by molar-refractivity contribution is 6.42. The Labute approximate surface area is 109 Å². The van der Waals surface area contributed by atoms with Crippen LogP contribution in [0.5, 0.6) is 0 Å². The van der Waals surface area contributed by atoms with Gasteiger partial charge in [0, 0.05) is 0 Å². The second-order valence-electron chi connectivity index (χ2n) is 4.14. The Balaban J connectivity index is 2.24. The molecule has 0 heterocycles. The summed E-state index contributed by atoms with van der Waals surface area (Å²) >= 11 is 12.0. The predicted octanol–water partition coefficient (Wildman–Crippen LogP) is 5.70. The molecule has 0 saturated carbocycles. The van der Waals surface area contributed by atoms with Crippen molar-refractivity contribution in [2.75, 3.05) is 0 Å². The first-order valence-corrected chi connectivity index (χ1v) is 6.86. The molecule has 1 aromatic carbocycles. The lowest BCUT2D eigenvalue weighted by Gasteiger charge is -2.05. The molecular weight excluding hydrogens is 239 g/mol. The molecule has 1 radical (unpaired) electrons. The second kappa shape index (κ2) is 7.97. The van der Waals surface area contributed by atoms with Gasteiger partial charge in [0.2, 0.25) is 0 Å². The van der Waals surface area contributed by atoms with Gasteiger partial charge in [-0.05, 0) is 30.5 Å². The highest BCUT2D eigenvalue weighted by Gasteiger charge is 2.03. The summed E-state index contributed by atoms with van der Waals surface area (Å²) in [6.45, 7) is 2.24. The van der Waals surface area contributed by atoms with Crippen molar-refractivity contribution in [2.45, 2.75) is 51.9 Å².